The SMILES string of the molecule is CCNC(=NCc1cccnc1OCCOC)NCCN1C(=O)C2C3C=CC(C3)C2C1=O.I. The van der Waals surface area contributed by atoms with E-state index in [0.717, 1.165) is 12.0 Å². The number of pyridine rings is 1. The van der Waals surface area contributed by atoms with Crippen LogP contribution in [0.1, 0.15) is 18.9 Å². The molecule has 1 aromatic heterocycles. The first-order valence-corrected chi connectivity index (χ1v) is 11.3. The van der Waals surface area contributed by atoms with E-state index < -0.39 is 0 Å². The van der Waals surface area contributed by atoms with Crippen molar-refractivity contribution < 1.29 is 19.1 Å². The van der Waals surface area contributed by atoms with Crippen LogP contribution in [0.3, 0.4) is 0 Å². The van der Waals surface area contributed by atoms with Crippen molar-refractivity contribution in [3.8, 4) is 5.88 Å². The molecule has 4 rings (SSSR count). The molecule has 1 aromatic rings. The molecule has 1 saturated heterocycles. The van der Waals surface area contributed by atoms with Crippen LogP contribution in [0.25, 0.3) is 0 Å². The third kappa shape index (κ3) is 5.48. The predicted molar refractivity (Wildman–Crippen MR) is 134 cm³/mol. The van der Waals surface area contributed by atoms with E-state index in [9.17, 15) is 9.59 Å². The fourth-order valence-electron chi connectivity index (χ4n) is 4.87. The average Bonchev–Trinajstić information content (AvgIpc) is 3.48. The van der Waals surface area contributed by atoms with Gasteiger partial charge in [0.15, 0.2) is 5.96 Å². The number of likely N-dealkylation sites (tertiary alicyclic amines) is 1. The van der Waals surface area contributed by atoms with Crippen LogP contribution in [-0.2, 0) is 20.9 Å². The molecule has 1 saturated carbocycles. The molecule has 33 heavy (non-hydrogen) atoms. The van der Waals surface area contributed by atoms with E-state index in [4.69, 9.17) is 9.47 Å². The summed E-state index contributed by atoms with van der Waals surface area (Å²) in [5.74, 6) is 1.27. The van der Waals surface area contributed by atoms with Gasteiger partial charge in [-0.1, -0.05) is 18.2 Å². The number of guanidine groups is 1. The molecule has 2 bridgehead atoms. The van der Waals surface area contributed by atoms with Gasteiger partial charge < -0.3 is 20.1 Å². The minimum Gasteiger partial charge on any atom is -0.475 e. The molecule has 2 fully saturated rings. The minimum atomic E-state index is -0.151. The van der Waals surface area contributed by atoms with Crippen molar-refractivity contribution in [3.63, 3.8) is 0 Å². The van der Waals surface area contributed by atoms with Gasteiger partial charge in [0.05, 0.1) is 25.0 Å². The molecule has 4 atom stereocenters. The maximum atomic E-state index is 12.8. The van der Waals surface area contributed by atoms with Gasteiger partial charge in [0.1, 0.15) is 6.61 Å². The second kappa shape index (κ2) is 11.8. The number of hydrogen-bond acceptors (Lipinski definition) is 6. The highest BCUT2D eigenvalue weighted by atomic mass is 127. The summed E-state index contributed by atoms with van der Waals surface area (Å²) in [6.45, 7) is 4.74. The molecule has 0 aromatic carbocycles. The number of allylic oxidation sites excluding steroid dienone is 2. The molecule has 9 nitrogen and oxygen atoms in total. The van der Waals surface area contributed by atoms with Crippen molar-refractivity contribution >= 4 is 41.8 Å². The van der Waals surface area contributed by atoms with Crippen LogP contribution in [-0.4, -0.2) is 67.6 Å². The van der Waals surface area contributed by atoms with Crippen molar-refractivity contribution in [2.24, 2.45) is 28.7 Å². The zero-order chi connectivity index (χ0) is 22.5. The molecule has 1 aliphatic heterocycles. The van der Waals surface area contributed by atoms with Gasteiger partial charge >= 0.3 is 0 Å². The number of rotatable bonds is 10. The summed E-state index contributed by atoms with van der Waals surface area (Å²) in [5.41, 5.74) is 0.863. The topological polar surface area (TPSA) is 105 Å². The van der Waals surface area contributed by atoms with E-state index in [-0.39, 0.29) is 59.5 Å². The number of ether oxygens (including phenoxy) is 2. The molecule has 4 unspecified atom stereocenters. The Morgan fingerprint density at radius 2 is 1.91 bits per heavy atom. The third-order valence-corrected chi connectivity index (χ3v) is 6.32. The van der Waals surface area contributed by atoms with E-state index >= 15 is 0 Å². The average molecular weight is 569 g/mol. The molecule has 2 aliphatic carbocycles. The lowest BCUT2D eigenvalue weighted by Gasteiger charge is -2.18. The maximum absolute atomic E-state index is 12.8. The molecule has 180 valence electrons. The first-order valence-electron chi connectivity index (χ1n) is 11.3. The maximum Gasteiger partial charge on any atom is 0.233 e. The summed E-state index contributed by atoms with van der Waals surface area (Å²) < 4.78 is 10.7. The lowest BCUT2D eigenvalue weighted by molar-refractivity contribution is -0.140. The number of aromatic nitrogens is 1. The van der Waals surface area contributed by atoms with Gasteiger partial charge in [-0.25, -0.2) is 9.98 Å². The van der Waals surface area contributed by atoms with E-state index in [2.05, 4.69) is 32.8 Å². The number of fused-ring (bicyclic) bond motifs is 5. The van der Waals surface area contributed by atoms with E-state index in [1.807, 2.05) is 19.1 Å². The molecule has 2 heterocycles. The van der Waals surface area contributed by atoms with E-state index in [1.165, 1.54) is 4.90 Å². The van der Waals surface area contributed by atoms with Crippen molar-refractivity contribution in [3.05, 3.63) is 36.0 Å². The number of amides is 2. The second-order valence-electron chi connectivity index (χ2n) is 8.26. The molecule has 3 aliphatic rings. The van der Waals surface area contributed by atoms with Gasteiger partial charge in [0, 0.05) is 38.5 Å². The van der Waals surface area contributed by atoms with Gasteiger partial charge in [0.25, 0.3) is 0 Å². The number of hydrogen-bond donors (Lipinski definition) is 2. The summed E-state index contributed by atoms with van der Waals surface area (Å²) >= 11 is 0. The molecular formula is C23H32IN5O4. The minimum absolute atomic E-state index is 0. The number of nitrogens with one attached hydrogen (secondary N) is 2. The van der Waals surface area contributed by atoms with Crippen molar-refractivity contribution in [1.29, 1.82) is 0 Å². The van der Waals surface area contributed by atoms with Crippen molar-refractivity contribution in [1.82, 2.24) is 20.5 Å². The Kier molecular flexibility index (Phi) is 9.07. The Morgan fingerprint density at radius 1 is 1.18 bits per heavy atom. The number of carbonyl (C=O) groups excluding carboxylic acids is 2. The van der Waals surface area contributed by atoms with Crippen molar-refractivity contribution in [2.75, 3.05) is 40.0 Å². The first kappa shape index (κ1) is 25.4. The summed E-state index contributed by atoms with van der Waals surface area (Å²) in [4.78, 5) is 35.9. The van der Waals surface area contributed by atoms with Gasteiger partial charge in [-0.15, -0.1) is 24.0 Å². The molecule has 2 N–H and O–H groups in total. The number of nitrogens with zero attached hydrogens (tertiary/aromatic N) is 3. The fraction of sp³-hybridized carbons (Fsp3) is 0.565. The molecule has 0 radical (unpaired) electrons. The summed E-state index contributed by atoms with van der Waals surface area (Å²) in [5, 5.41) is 6.43. The number of aliphatic imine (C=N–C) groups is 1. The number of imide groups is 1. The second-order valence-corrected chi connectivity index (χ2v) is 8.26. The highest BCUT2D eigenvalue weighted by Gasteiger charge is 2.58. The molecule has 0 spiro atoms. The van der Waals surface area contributed by atoms with Crippen LogP contribution in [0, 0.1) is 23.7 Å². The Labute approximate surface area is 211 Å². The van der Waals surface area contributed by atoms with Crippen LogP contribution in [0.2, 0.25) is 0 Å². The van der Waals surface area contributed by atoms with Crippen LogP contribution in [0.5, 0.6) is 5.88 Å². The highest BCUT2D eigenvalue weighted by molar-refractivity contribution is 14.0. The predicted octanol–water partition coefficient (Wildman–Crippen LogP) is 1.59. The zero-order valence-corrected chi connectivity index (χ0v) is 21.4. The smallest absolute Gasteiger partial charge is 0.233 e. The van der Waals surface area contributed by atoms with Gasteiger partial charge in [-0.05, 0) is 31.2 Å². The lowest BCUT2D eigenvalue weighted by Crippen LogP contribution is -2.43. The summed E-state index contributed by atoms with van der Waals surface area (Å²) in [7, 11) is 1.62. The van der Waals surface area contributed by atoms with Crippen molar-refractivity contribution in [2.45, 2.75) is 19.9 Å². The highest BCUT2D eigenvalue weighted by Crippen LogP contribution is 2.52. The number of methoxy groups -OCH3 is 1. The van der Waals surface area contributed by atoms with Gasteiger partial charge in [0.2, 0.25) is 17.7 Å². The molecular weight excluding hydrogens is 537 g/mol. The third-order valence-electron chi connectivity index (χ3n) is 6.32. The van der Waals surface area contributed by atoms with Crippen LogP contribution >= 0.6 is 24.0 Å². The Balaban J connectivity index is 0.00000306. The van der Waals surface area contributed by atoms with Crippen LogP contribution in [0.4, 0.5) is 0 Å². The largest absolute Gasteiger partial charge is 0.475 e. The number of carbonyl (C=O) groups is 2. The zero-order valence-electron chi connectivity index (χ0n) is 19.0. The Bertz CT molecular complexity index is 879. The molecule has 2 amide bonds. The Hall–Kier alpha value is -2.21. The summed E-state index contributed by atoms with van der Waals surface area (Å²) in [6.07, 6.45) is 6.85. The monoisotopic (exact) mass is 569 g/mol. The van der Waals surface area contributed by atoms with Crippen LogP contribution < -0.4 is 15.4 Å². The van der Waals surface area contributed by atoms with E-state index in [1.54, 1.807) is 13.3 Å². The van der Waals surface area contributed by atoms with E-state index in [0.29, 0.717) is 51.2 Å². The Morgan fingerprint density at radius 3 is 2.58 bits per heavy atom. The fourth-order valence-corrected chi connectivity index (χ4v) is 4.87. The van der Waals surface area contributed by atoms with Crippen LogP contribution in [0.15, 0.2) is 35.5 Å². The van der Waals surface area contributed by atoms with Gasteiger partial charge in [-0.2, -0.15) is 0 Å². The normalized spacial score (nSPS) is 25.3. The molecule has 10 heteroatoms. The lowest BCUT2D eigenvalue weighted by atomic mass is 9.85. The van der Waals surface area contributed by atoms with Gasteiger partial charge in [-0.3, -0.25) is 14.5 Å². The first-order chi connectivity index (χ1) is 15.6. The standard InChI is InChI=1S/C23H31N5O4.HI/c1-3-24-23(27-14-17-5-4-8-25-20(17)32-12-11-31-2)26-9-10-28-21(29)18-15-6-7-16(13-15)19(18)22(28)30;/h4-8,15-16,18-19H,3,9-14H2,1-2H3,(H2,24,26,27);1H. The quantitative estimate of drug-likeness (QED) is 0.110. The summed E-state index contributed by atoms with van der Waals surface area (Å²) in [6, 6.07) is 3.77. The number of halogens is 1.